The molecule has 0 aliphatic carbocycles. The van der Waals surface area contributed by atoms with Crippen LogP contribution in [0.4, 0.5) is 0 Å². The number of benzene rings is 1. The first-order chi connectivity index (χ1) is 8.61. The molecule has 0 spiro atoms. The van der Waals surface area contributed by atoms with E-state index >= 15 is 0 Å². The fourth-order valence-electron chi connectivity index (χ4n) is 2.03. The number of para-hydroxylation sites is 1. The van der Waals surface area contributed by atoms with Gasteiger partial charge in [-0.3, -0.25) is 5.84 Å². The van der Waals surface area contributed by atoms with Gasteiger partial charge in [0.15, 0.2) is 5.58 Å². The summed E-state index contributed by atoms with van der Waals surface area (Å²) in [4.78, 5) is 0. The summed E-state index contributed by atoms with van der Waals surface area (Å²) in [6, 6.07) is 7.78. The minimum absolute atomic E-state index is 0.0378. The number of halogens is 1. The van der Waals surface area contributed by atoms with Crippen LogP contribution in [-0.2, 0) is 0 Å². The van der Waals surface area contributed by atoms with Gasteiger partial charge in [-0.2, -0.15) is 0 Å². The van der Waals surface area contributed by atoms with Crippen molar-refractivity contribution in [1.82, 2.24) is 5.43 Å². The Labute approximate surface area is 112 Å². The van der Waals surface area contributed by atoms with Crippen LogP contribution in [0.3, 0.4) is 0 Å². The van der Waals surface area contributed by atoms with Gasteiger partial charge >= 0.3 is 0 Å². The first-order valence-electron chi connectivity index (χ1n) is 6.26. The summed E-state index contributed by atoms with van der Waals surface area (Å²) >= 11 is 6.10. The quantitative estimate of drug-likeness (QED) is 0.635. The SMILES string of the molecule is CC(C)CCC(NN)c1cc2cccc(Cl)c2o1. The molecule has 0 aliphatic heterocycles. The normalized spacial score (nSPS) is 13.4. The summed E-state index contributed by atoms with van der Waals surface area (Å²) in [6.45, 7) is 4.40. The Morgan fingerprint density at radius 2 is 2.11 bits per heavy atom. The molecule has 2 rings (SSSR count). The highest BCUT2D eigenvalue weighted by molar-refractivity contribution is 6.34. The van der Waals surface area contributed by atoms with Gasteiger partial charge in [0.1, 0.15) is 5.76 Å². The van der Waals surface area contributed by atoms with Crippen molar-refractivity contribution in [2.45, 2.75) is 32.7 Å². The summed E-state index contributed by atoms with van der Waals surface area (Å²) in [5.41, 5.74) is 3.55. The molecule has 0 bridgehead atoms. The number of hydrogen-bond acceptors (Lipinski definition) is 3. The molecule has 0 amide bonds. The maximum Gasteiger partial charge on any atom is 0.152 e. The fraction of sp³-hybridized carbons (Fsp3) is 0.429. The Kier molecular flexibility index (Phi) is 4.27. The maximum atomic E-state index is 6.10. The highest BCUT2D eigenvalue weighted by atomic mass is 35.5. The summed E-state index contributed by atoms with van der Waals surface area (Å²) in [7, 11) is 0. The minimum atomic E-state index is 0.0378. The lowest BCUT2D eigenvalue weighted by molar-refractivity contribution is 0.387. The summed E-state index contributed by atoms with van der Waals surface area (Å²) in [6.07, 6.45) is 2.05. The molecule has 0 saturated heterocycles. The number of fused-ring (bicyclic) bond motifs is 1. The summed E-state index contributed by atoms with van der Waals surface area (Å²) in [5, 5.41) is 1.65. The zero-order chi connectivity index (χ0) is 13.1. The molecule has 2 aromatic rings. The number of nitrogens with one attached hydrogen (secondary N) is 1. The van der Waals surface area contributed by atoms with Gasteiger partial charge in [-0.1, -0.05) is 37.6 Å². The number of rotatable bonds is 5. The lowest BCUT2D eigenvalue weighted by Gasteiger charge is -2.14. The van der Waals surface area contributed by atoms with Crippen LogP contribution in [0, 0.1) is 5.92 Å². The van der Waals surface area contributed by atoms with Crippen molar-refractivity contribution in [3.05, 3.63) is 35.0 Å². The van der Waals surface area contributed by atoms with Crippen LogP contribution in [0.15, 0.2) is 28.7 Å². The minimum Gasteiger partial charge on any atom is -0.458 e. The molecule has 1 aromatic carbocycles. The third-order valence-corrected chi connectivity index (χ3v) is 3.39. The molecular formula is C14H19ClN2O. The second-order valence-corrected chi connectivity index (χ2v) is 5.40. The third-order valence-electron chi connectivity index (χ3n) is 3.09. The molecule has 0 saturated carbocycles. The van der Waals surface area contributed by atoms with Crippen LogP contribution < -0.4 is 11.3 Å². The molecule has 1 unspecified atom stereocenters. The molecule has 3 N–H and O–H groups in total. The molecule has 1 aromatic heterocycles. The van der Waals surface area contributed by atoms with E-state index in [1.54, 1.807) is 0 Å². The second kappa shape index (κ2) is 5.74. The van der Waals surface area contributed by atoms with E-state index in [4.69, 9.17) is 21.9 Å². The van der Waals surface area contributed by atoms with Crippen molar-refractivity contribution in [2.24, 2.45) is 11.8 Å². The van der Waals surface area contributed by atoms with Gasteiger partial charge in [-0.15, -0.1) is 0 Å². The molecule has 1 heterocycles. The van der Waals surface area contributed by atoms with Gasteiger partial charge < -0.3 is 4.42 Å². The smallest absolute Gasteiger partial charge is 0.152 e. The van der Waals surface area contributed by atoms with E-state index in [2.05, 4.69) is 19.3 Å². The van der Waals surface area contributed by atoms with Crippen LogP contribution in [0.25, 0.3) is 11.0 Å². The number of hydrazine groups is 1. The third kappa shape index (κ3) is 2.86. The zero-order valence-corrected chi connectivity index (χ0v) is 11.5. The number of nitrogens with two attached hydrogens (primary N) is 1. The van der Waals surface area contributed by atoms with Crippen LogP contribution in [0.1, 0.15) is 38.5 Å². The number of hydrogen-bond donors (Lipinski definition) is 2. The van der Waals surface area contributed by atoms with E-state index in [1.807, 2.05) is 24.3 Å². The summed E-state index contributed by atoms with van der Waals surface area (Å²) < 4.78 is 5.81. The van der Waals surface area contributed by atoms with E-state index in [0.717, 1.165) is 29.6 Å². The van der Waals surface area contributed by atoms with Crippen molar-refractivity contribution in [3.63, 3.8) is 0 Å². The Morgan fingerprint density at radius 1 is 1.33 bits per heavy atom. The lowest BCUT2D eigenvalue weighted by atomic mass is 10.0. The number of furan rings is 1. The largest absolute Gasteiger partial charge is 0.458 e. The Bertz CT molecular complexity index is 521. The summed E-state index contributed by atoms with van der Waals surface area (Å²) in [5.74, 6) is 7.10. The van der Waals surface area contributed by atoms with Crippen LogP contribution in [0.2, 0.25) is 5.02 Å². The molecule has 0 aliphatic rings. The second-order valence-electron chi connectivity index (χ2n) is 5.00. The van der Waals surface area contributed by atoms with E-state index in [1.165, 1.54) is 0 Å². The lowest BCUT2D eigenvalue weighted by Crippen LogP contribution is -2.27. The Balaban J connectivity index is 2.25. The first-order valence-corrected chi connectivity index (χ1v) is 6.63. The Morgan fingerprint density at radius 3 is 2.72 bits per heavy atom. The predicted molar refractivity (Wildman–Crippen MR) is 75.4 cm³/mol. The zero-order valence-electron chi connectivity index (χ0n) is 10.7. The molecular weight excluding hydrogens is 248 g/mol. The van der Waals surface area contributed by atoms with E-state index in [0.29, 0.717) is 10.9 Å². The van der Waals surface area contributed by atoms with Crippen molar-refractivity contribution < 1.29 is 4.42 Å². The highest BCUT2D eigenvalue weighted by Gasteiger charge is 2.16. The molecule has 0 radical (unpaired) electrons. The first kappa shape index (κ1) is 13.4. The van der Waals surface area contributed by atoms with E-state index < -0.39 is 0 Å². The van der Waals surface area contributed by atoms with E-state index in [-0.39, 0.29) is 6.04 Å². The van der Waals surface area contributed by atoms with Crippen LogP contribution in [0.5, 0.6) is 0 Å². The van der Waals surface area contributed by atoms with Gasteiger partial charge in [0.2, 0.25) is 0 Å². The van der Waals surface area contributed by atoms with E-state index in [9.17, 15) is 0 Å². The maximum absolute atomic E-state index is 6.10. The topological polar surface area (TPSA) is 51.2 Å². The predicted octanol–water partition coefficient (Wildman–Crippen LogP) is 4.03. The van der Waals surface area contributed by atoms with Gasteiger partial charge in [-0.05, 0) is 30.9 Å². The molecule has 98 valence electrons. The van der Waals surface area contributed by atoms with Crippen LogP contribution in [-0.4, -0.2) is 0 Å². The monoisotopic (exact) mass is 266 g/mol. The van der Waals surface area contributed by atoms with Crippen LogP contribution >= 0.6 is 11.6 Å². The average Bonchev–Trinajstić information content (AvgIpc) is 2.75. The molecule has 18 heavy (non-hydrogen) atoms. The standard InChI is InChI=1S/C14H19ClN2O/c1-9(2)6-7-12(17-16)13-8-10-4-3-5-11(15)14(10)18-13/h3-5,8-9,12,17H,6-7,16H2,1-2H3. The molecule has 1 atom stereocenters. The fourth-order valence-corrected chi connectivity index (χ4v) is 2.25. The molecule has 4 heteroatoms. The highest BCUT2D eigenvalue weighted by Crippen LogP contribution is 2.31. The molecule has 0 fully saturated rings. The van der Waals surface area contributed by atoms with Gasteiger partial charge in [0.05, 0.1) is 11.1 Å². The average molecular weight is 267 g/mol. The van der Waals surface area contributed by atoms with Crippen molar-refractivity contribution in [1.29, 1.82) is 0 Å². The van der Waals surface area contributed by atoms with Crippen molar-refractivity contribution in [2.75, 3.05) is 0 Å². The Hall–Kier alpha value is -1.03. The van der Waals surface area contributed by atoms with Crippen molar-refractivity contribution in [3.8, 4) is 0 Å². The van der Waals surface area contributed by atoms with Gasteiger partial charge in [0.25, 0.3) is 0 Å². The van der Waals surface area contributed by atoms with Crippen molar-refractivity contribution >= 4 is 22.6 Å². The molecule has 3 nitrogen and oxygen atoms in total. The van der Waals surface area contributed by atoms with Gasteiger partial charge in [0, 0.05) is 5.39 Å². The van der Waals surface area contributed by atoms with Gasteiger partial charge in [-0.25, -0.2) is 5.43 Å².